The van der Waals surface area contributed by atoms with Gasteiger partial charge in [0.25, 0.3) is 0 Å². The number of likely N-dealkylation sites (tertiary alicyclic amines) is 2. The molecule has 0 aliphatic carbocycles. The number of nitrogens with two attached hydrogens (primary N) is 1. The van der Waals surface area contributed by atoms with Crippen LogP contribution in [-0.4, -0.2) is 54.0 Å². The van der Waals surface area contributed by atoms with E-state index < -0.39 is 0 Å². The predicted octanol–water partition coefficient (Wildman–Crippen LogP) is 0.420. The summed E-state index contributed by atoms with van der Waals surface area (Å²) in [6.45, 7) is 6.07. The molecule has 2 aliphatic rings. The van der Waals surface area contributed by atoms with Gasteiger partial charge in [-0.25, -0.2) is 0 Å². The zero-order valence-electron chi connectivity index (χ0n) is 10.2. The Labute approximate surface area is 97.8 Å². The van der Waals surface area contributed by atoms with Crippen LogP contribution in [0.4, 0.5) is 0 Å². The molecule has 2 saturated heterocycles. The van der Waals surface area contributed by atoms with Crippen LogP contribution >= 0.6 is 0 Å². The molecule has 0 aromatic carbocycles. The van der Waals surface area contributed by atoms with Crippen LogP contribution in [0.5, 0.6) is 0 Å². The lowest BCUT2D eigenvalue weighted by atomic mass is 10.0. The molecule has 92 valence electrons. The standard InChI is InChI=1S/C12H23N3O/c1-10(13)12(16)15-8-4-11(5-9-15)14-6-2-3-7-14/h10-11H,2-9,13H2,1H3/t10-/m0/s1. The first-order valence-corrected chi connectivity index (χ1v) is 6.47. The van der Waals surface area contributed by atoms with E-state index in [2.05, 4.69) is 4.90 Å². The first-order chi connectivity index (χ1) is 7.68. The molecule has 2 rings (SSSR count). The van der Waals surface area contributed by atoms with Crippen LogP contribution in [0.2, 0.25) is 0 Å². The van der Waals surface area contributed by atoms with Gasteiger partial charge in [-0.05, 0) is 45.7 Å². The van der Waals surface area contributed by atoms with Gasteiger partial charge in [-0.3, -0.25) is 4.79 Å². The summed E-state index contributed by atoms with van der Waals surface area (Å²) in [6, 6.07) is 0.364. The van der Waals surface area contributed by atoms with Crippen molar-refractivity contribution < 1.29 is 4.79 Å². The van der Waals surface area contributed by atoms with Crippen LogP contribution in [0.25, 0.3) is 0 Å². The molecule has 0 aromatic rings. The molecule has 0 bridgehead atoms. The van der Waals surface area contributed by atoms with Gasteiger partial charge in [-0.15, -0.1) is 0 Å². The second-order valence-electron chi connectivity index (χ2n) is 5.09. The lowest BCUT2D eigenvalue weighted by molar-refractivity contribution is -0.133. The minimum absolute atomic E-state index is 0.111. The van der Waals surface area contributed by atoms with Gasteiger partial charge < -0.3 is 15.5 Å². The lowest BCUT2D eigenvalue weighted by Crippen LogP contribution is -2.49. The van der Waals surface area contributed by atoms with Gasteiger partial charge >= 0.3 is 0 Å². The highest BCUT2D eigenvalue weighted by Gasteiger charge is 2.28. The third-order valence-electron chi connectivity index (χ3n) is 3.82. The van der Waals surface area contributed by atoms with Crippen LogP contribution in [0.3, 0.4) is 0 Å². The summed E-state index contributed by atoms with van der Waals surface area (Å²) in [5, 5.41) is 0. The molecule has 0 aromatic heterocycles. The average Bonchev–Trinajstić information content (AvgIpc) is 2.81. The predicted molar refractivity (Wildman–Crippen MR) is 64.1 cm³/mol. The molecule has 0 spiro atoms. The Hall–Kier alpha value is -0.610. The van der Waals surface area contributed by atoms with Crippen molar-refractivity contribution in [1.82, 2.24) is 9.80 Å². The monoisotopic (exact) mass is 225 g/mol. The van der Waals surface area contributed by atoms with E-state index >= 15 is 0 Å². The molecule has 2 N–H and O–H groups in total. The first kappa shape index (κ1) is 11.9. The Morgan fingerprint density at radius 3 is 2.25 bits per heavy atom. The summed E-state index contributed by atoms with van der Waals surface area (Å²) >= 11 is 0. The van der Waals surface area contributed by atoms with Crippen molar-refractivity contribution in [3.05, 3.63) is 0 Å². The molecular weight excluding hydrogens is 202 g/mol. The number of hydrogen-bond donors (Lipinski definition) is 1. The molecule has 0 saturated carbocycles. The summed E-state index contributed by atoms with van der Waals surface area (Å²) in [6.07, 6.45) is 4.94. The zero-order valence-corrected chi connectivity index (χ0v) is 10.2. The topological polar surface area (TPSA) is 49.6 Å². The van der Waals surface area contributed by atoms with Crippen LogP contribution in [-0.2, 0) is 4.79 Å². The van der Waals surface area contributed by atoms with Crippen molar-refractivity contribution in [2.75, 3.05) is 26.2 Å². The number of hydrogen-bond acceptors (Lipinski definition) is 3. The number of amides is 1. The van der Waals surface area contributed by atoms with Crippen LogP contribution in [0.1, 0.15) is 32.6 Å². The second kappa shape index (κ2) is 5.15. The van der Waals surface area contributed by atoms with Gasteiger partial charge in [0.1, 0.15) is 0 Å². The normalized spacial score (nSPS) is 26.0. The largest absolute Gasteiger partial charge is 0.341 e. The van der Waals surface area contributed by atoms with Crippen molar-refractivity contribution in [2.45, 2.75) is 44.7 Å². The average molecular weight is 225 g/mol. The maximum atomic E-state index is 11.7. The third-order valence-corrected chi connectivity index (χ3v) is 3.82. The molecule has 2 heterocycles. The van der Waals surface area contributed by atoms with E-state index in [4.69, 9.17) is 5.73 Å². The molecule has 1 atom stereocenters. The number of carbonyl (C=O) groups excluding carboxylic acids is 1. The molecule has 1 amide bonds. The highest BCUT2D eigenvalue weighted by molar-refractivity contribution is 5.81. The van der Waals surface area contributed by atoms with Crippen LogP contribution in [0, 0.1) is 0 Å². The minimum Gasteiger partial charge on any atom is -0.341 e. The zero-order chi connectivity index (χ0) is 11.5. The number of carbonyl (C=O) groups is 1. The minimum atomic E-state index is -0.344. The van der Waals surface area contributed by atoms with Gasteiger partial charge in [0.05, 0.1) is 6.04 Å². The molecule has 2 fully saturated rings. The summed E-state index contributed by atoms with van der Waals surface area (Å²) < 4.78 is 0. The molecule has 4 heteroatoms. The van der Waals surface area contributed by atoms with Gasteiger partial charge in [0, 0.05) is 19.1 Å². The van der Waals surface area contributed by atoms with Crippen LogP contribution < -0.4 is 5.73 Å². The van der Waals surface area contributed by atoms with Crippen molar-refractivity contribution in [3.63, 3.8) is 0 Å². The summed E-state index contributed by atoms with van der Waals surface area (Å²) in [7, 11) is 0. The summed E-state index contributed by atoms with van der Waals surface area (Å²) in [5.41, 5.74) is 5.62. The van der Waals surface area contributed by atoms with Gasteiger partial charge in [0.15, 0.2) is 0 Å². The summed E-state index contributed by atoms with van der Waals surface area (Å²) in [5.74, 6) is 0.111. The molecule has 2 aliphatic heterocycles. The number of nitrogens with zero attached hydrogens (tertiary/aromatic N) is 2. The van der Waals surface area contributed by atoms with Gasteiger partial charge in [-0.2, -0.15) is 0 Å². The van der Waals surface area contributed by atoms with E-state index in [0.29, 0.717) is 6.04 Å². The van der Waals surface area contributed by atoms with E-state index in [-0.39, 0.29) is 11.9 Å². The van der Waals surface area contributed by atoms with E-state index in [1.54, 1.807) is 6.92 Å². The first-order valence-electron chi connectivity index (χ1n) is 6.47. The Morgan fingerprint density at radius 1 is 1.19 bits per heavy atom. The van der Waals surface area contributed by atoms with Crippen molar-refractivity contribution in [3.8, 4) is 0 Å². The maximum Gasteiger partial charge on any atom is 0.239 e. The third kappa shape index (κ3) is 2.55. The van der Waals surface area contributed by atoms with Gasteiger partial charge in [0.2, 0.25) is 5.91 Å². The van der Waals surface area contributed by atoms with E-state index in [1.165, 1.54) is 25.9 Å². The van der Waals surface area contributed by atoms with Crippen molar-refractivity contribution in [1.29, 1.82) is 0 Å². The van der Waals surface area contributed by atoms with Crippen LogP contribution in [0.15, 0.2) is 0 Å². The Morgan fingerprint density at radius 2 is 1.75 bits per heavy atom. The quantitative estimate of drug-likeness (QED) is 0.741. The Balaban J connectivity index is 1.80. The lowest BCUT2D eigenvalue weighted by Gasteiger charge is -2.37. The molecule has 16 heavy (non-hydrogen) atoms. The Kier molecular flexibility index (Phi) is 3.82. The fourth-order valence-corrected chi connectivity index (χ4v) is 2.85. The molecule has 4 nitrogen and oxygen atoms in total. The highest BCUT2D eigenvalue weighted by Crippen LogP contribution is 2.21. The maximum absolute atomic E-state index is 11.7. The van der Waals surface area contributed by atoms with E-state index in [9.17, 15) is 4.79 Å². The number of rotatable bonds is 2. The van der Waals surface area contributed by atoms with Crippen molar-refractivity contribution >= 4 is 5.91 Å². The fraction of sp³-hybridized carbons (Fsp3) is 0.917. The fourth-order valence-electron chi connectivity index (χ4n) is 2.85. The molecule has 0 unspecified atom stereocenters. The highest BCUT2D eigenvalue weighted by atomic mass is 16.2. The van der Waals surface area contributed by atoms with E-state index in [1.807, 2.05) is 4.90 Å². The molecular formula is C12H23N3O. The van der Waals surface area contributed by atoms with Gasteiger partial charge in [-0.1, -0.05) is 0 Å². The number of piperidine rings is 1. The van der Waals surface area contributed by atoms with Crippen molar-refractivity contribution in [2.24, 2.45) is 5.73 Å². The molecule has 0 radical (unpaired) electrons. The summed E-state index contributed by atoms with van der Waals surface area (Å²) in [4.78, 5) is 16.2. The Bertz CT molecular complexity index is 241. The smallest absolute Gasteiger partial charge is 0.239 e. The second-order valence-corrected chi connectivity index (χ2v) is 5.09. The van der Waals surface area contributed by atoms with E-state index in [0.717, 1.165) is 25.9 Å². The SMILES string of the molecule is C[C@H](N)C(=O)N1CCC(N2CCCC2)CC1.